The Hall–Kier alpha value is -3.03. The maximum absolute atomic E-state index is 11.9. The van der Waals surface area contributed by atoms with Crippen LogP contribution in [0, 0.1) is 6.92 Å². The molecule has 3 heterocycles. The molecule has 5 rings (SSSR count). The van der Waals surface area contributed by atoms with Crippen molar-refractivity contribution in [3.8, 4) is 0 Å². The Bertz CT molecular complexity index is 1140. The van der Waals surface area contributed by atoms with Crippen LogP contribution in [-0.2, 0) is 11.2 Å². The van der Waals surface area contributed by atoms with Crippen LogP contribution in [0.25, 0.3) is 22.3 Å². The molecule has 0 spiro atoms. The highest BCUT2D eigenvalue weighted by Gasteiger charge is 2.23. The lowest BCUT2D eigenvalue weighted by atomic mass is 10.2. The number of para-hydroxylation sites is 1. The van der Waals surface area contributed by atoms with Crippen molar-refractivity contribution in [2.45, 2.75) is 45.1 Å². The number of aryl methyl sites for hydroxylation is 2. The van der Waals surface area contributed by atoms with E-state index in [2.05, 4.69) is 25.6 Å². The zero-order valence-electron chi connectivity index (χ0n) is 14.5. The molecule has 1 saturated carbocycles. The summed E-state index contributed by atoms with van der Waals surface area (Å²) in [6.07, 6.45) is 4.15. The molecule has 0 radical (unpaired) electrons. The van der Waals surface area contributed by atoms with E-state index in [1.165, 1.54) is 0 Å². The molecule has 0 saturated heterocycles. The van der Waals surface area contributed by atoms with Crippen molar-refractivity contribution in [3.63, 3.8) is 0 Å². The minimum atomic E-state index is 0.125. The third-order valence-corrected chi connectivity index (χ3v) is 4.75. The van der Waals surface area contributed by atoms with Gasteiger partial charge in [0.1, 0.15) is 11.6 Å². The second-order valence-corrected chi connectivity index (χ2v) is 6.86. The van der Waals surface area contributed by atoms with E-state index in [0.717, 1.165) is 41.6 Å². The molecule has 0 atom stereocenters. The van der Waals surface area contributed by atoms with Crippen LogP contribution in [0.1, 0.15) is 37.3 Å². The number of rotatable bonds is 5. The van der Waals surface area contributed by atoms with E-state index >= 15 is 0 Å². The van der Waals surface area contributed by atoms with E-state index in [9.17, 15) is 4.79 Å². The smallest absolute Gasteiger partial charge is 0.258 e. The Kier molecular flexibility index (Phi) is 3.37. The summed E-state index contributed by atoms with van der Waals surface area (Å²) in [4.78, 5) is 16.4. The minimum Gasteiger partial charge on any atom is -0.353 e. The van der Waals surface area contributed by atoms with Crippen LogP contribution in [0.5, 0.6) is 0 Å². The molecule has 0 aliphatic heterocycles. The van der Waals surface area contributed by atoms with Crippen molar-refractivity contribution in [1.29, 1.82) is 0 Å². The van der Waals surface area contributed by atoms with Crippen LogP contribution in [-0.4, -0.2) is 41.1 Å². The van der Waals surface area contributed by atoms with Gasteiger partial charge in [0.15, 0.2) is 5.65 Å². The zero-order valence-corrected chi connectivity index (χ0v) is 14.5. The molecule has 0 unspecified atom stereocenters. The Morgan fingerprint density at radius 2 is 2.12 bits per heavy atom. The van der Waals surface area contributed by atoms with Gasteiger partial charge in [0.25, 0.3) is 5.78 Å². The molecule has 4 aromatic rings. The highest BCUT2D eigenvalue weighted by Crippen LogP contribution is 2.23. The van der Waals surface area contributed by atoms with Gasteiger partial charge in [-0.2, -0.15) is 4.52 Å². The molecular weight excluding hydrogens is 330 g/mol. The number of hydrogen-bond acceptors (Lipinski definition) is 5. The summed E-state index contributed by atoms with van der Waals surface area (Å²) in [6.45, 7) is 1.87. The molecule has 1 amide bonds. The van der Waals surface area contributed by atoms with Crippen LogP contribution < -0.4 is 5.32 Å². The van der Waals surface area contributed by atoms with Gasteiger partial charge >= 0.3 is 0 Å². The van der Waals surface area contributed by atoms with Crippen molar-refractivity contribution in [2.75, 3.05) is 0 Å². The van der Waals surface area contributed by atoms with Gasteiger partial charge in [-0.3, -0.25) is 9.20 Å². The number of aromatic nitrogens is 6. The molecule has 1 aliphatic carbocycles. The maximum Gasteiger partial charge on any atom is 0.258 e. The largest absolute Gasteiger partial charge is 0.353 e. The number of carbonyl (C=O) groups is 1. The van der Waals surface area contributed by atoms with Crippen molar-refractivity contribution in [3.05, 3.63) is 35.9 Å². The van der Waals surface area contributed by atoms with Gasteiger partial charge in [-0.25, -0.2) is 4.98 Å². The number of benzene rings is 1. The third-order valence-electron chi connectivity index (χ3n) is 4.75. The second kappa shape index (κ2) is 5.76. The average Bonchev–Trinajstić information content (AvgIpc) is 3.19. The molecule has 1 aliphatic rings. The molecule has 1 N–H and O–H groups in total. The lowest BCUT2D eigenvalue weighted by Gasteiger charge is -2.06. The summed E-state index contributed by atoms with van der Waals surface area (Å²) >= 11 is 0. The average molecular weight is 349 g/mol. The molecule has 0 bridgehead atoms. The first kappa shape index (κ1) is 15.2. The summed E-state index contributed by atoms with van der Waals surface area (Å²) in [7, 11) is 0. The summed E-state index contributed by atoms with van der Waals surface area (Å²) in [5.41, 5.74) is 1.79. The van der Waals surface area contributed by atoms with Gasteiger partial charge in [0.2, 0.25) is 5.91 Å². The normalized spacial score (nSPS) is 14.5. The second-order valence-electron chi connectivity index (χ2n) is 6.86. The fourth-order valence-corrected chi connectivity index (χ4v) is 3.37. The Morgan fingerprint density at radius 3 is 2.96 bits per heavy atom. The first-order chi connectivity index (χ1) is 12.7. The van der Waals surface area contributed by atoms with Crippen molar-refractivity contribution < 1.29 is 4.79 Å². The molecule has 8 heteroatoms. The summed E-state index contributed by atoms with van der Waals surface area (Å²) < 4.78 is 3.77. The third kappa shape index (κ3) is 2.49. The molecule has 8 nitrogen and oxygen atoms in total. The Labute approximate surface area is 149 Å². The highest BCUT2D eigenvalue weighted by atomic mass is 16.1. The van der Waals surface area contributed by atoms with Crippen LogP contribution in [0.4, 0.5) is 0 Å². The van der Waals surface area contributed by atoms with E-state index in [1.54, 1.807) is 4.52 Å². The molecular formula is C18H19N7O. The van der Waals surface area contributed by atoms with E-state index in [0.29, 0.717) is 30.5 Å². The van der Waals surface area contributed by atoms with Gasteiger partial charge < -0.3 is 5.32 Å². The van der Waals surface area contributed by atoms with Gasteiger partial charge in [-0.15, -0.1) is 15.3 Å². The molecule has 132 valence electrons. The quantitative estimate of drug-likeness (QED) is 0.594. The van der Waals surface area contributed by atoms with Gasteiger partial charge in [0, 0.05) is 24.3 Å². The fourth-order valence-electron chi connectivity index (χ4n) is 3.37. The summed E-state index contributed by atoms with van der Waals surface area (Å²) in [6, 6.07) is 8.47. The predicted molar refractivity (Wildman–Crippen MR) is 95.9 cm³/mol. The van der Waals surface area contributed by atoms with E-state index < -0.39 is 0 Å². The van der Waals surface area contributed by atoms with Gasteiger partial charge in [0.05, 0.1) is 5.52 Å². The summed E-state index contributed by atoms with van der Waals surface area (Å²) in [5, 5.41) is 17.2. The standard InChI is InChI=1S/C18H19N7O/c1-11-19-17-13-5-2-3-6-14(13)24-15(21-22-18(24)25(17)23-11)7-4-8-16(26)20-12-9-10-12/h2-3,5-6,12H,4,7-10H2,1H3,(H,20,26). The number of fused-ring (bicyclic) bond motifs is 6. The molecule has 26 heavy (non-hydrogen) atoms. The van der Waals surface area contributed by atoms with Gasteiger partial charge in [-0.1, -0.05) is 12.1 Å². The number of carbonyl (C=O) groups excluding carboxylic acids is 1. The van der Waals surface area contributed by atoms with Crippen molar-refractivity contribution >= 4 is 28.2 Å². The lowest BCUT2D eigenvalue weighted by molar-refractivity contribution is -0.121. The molecule has 3 aromatic heterocycles. The predicted octanol–water partition coefficient (Wildman–Crippen LogP) is 1.83. The lowest BCUT2D eigenvalue weighted by Crippen LogP contribution is -2.25. The van der Waals surface area contributed by atoms with Crippen molar-refractivity contribution in [1.82, 2.24) is 34.5 Å². The first-order valence-corrected chi connectivity index (χ1v) is 8.98. The Morgan fingerprint density at radius 1 is 1.27 bits per heavy atom. The Balaban J connectivity index is 1.53. The molecule has 1 aromatic carbocycles. The molecule has 1 fully saturated rings. The highest BCUT2D eigenvalue weighted by molar-refractivity contribution is 5.93. The fraction of sp³-hybridized carbons (Fsp3) is 0.389. The number of hydrogen-bond donors (Lipinski definition) is 1. The number of amides is 1. The summed E-state index contributed by atoms with van der Waals surface area (Å²) in [5.74, 6) is 2.31. The zero-order chi connectivity index (χ0) is 17.7. The number of nitrogens with zero attached hydrogens (tertiary/aromatic N) is 6. The van der Waals surface area contributed by atoms with Crippen molar-refractivity contribution in [2.24, 2.45) is 0 Å². The number of nitrogens with one attached hydrogen (secondary N) is 1. The minimum absolute atomic E-state index is 0.125. The van der Waals surface area contributed by atoms with Gasteiger partial charge in [-0.05, 0) is 38.3 Å². The topological polar surface area (TPSA) is 89.5 Å². The SMILES string of the molecule is Cc1nc2c3ccccc3n3c(CCCC(=O)NC4CC4)nnc3n2n1. The van der Waals surface area contributed by atoms with Crippen LogP contribution >= 0.6 is 0 Å². The van der Waals surface area contributed by atoms with E-state index in [1.807, 2.05) is 35.6 Å². The van der Waals surface area contributed by atoms with Crippen LogP contribution in [0.2, 0.25) is 0 Å². The van der Waals surface area contributed by atoms with E-state index in [4.69, 9.17) is 0 Å². The monoisotopic (exact) mass is 349 g/mol. The van der Waals surface area contributed by atoms with Crippen LogP contribution in [0.15, 0.2) is 24.3 Å². The van der Waals surface area contributed by atoms with E-state index in [-0.39, 0.29) is 5.91 Å². The first-order valence-electron chi connectivity index (χ1n) is 8.98. The van der Waals surface area contributed by atoms with Crippen LogP contribution in [0.3, 0.4) is 0 Å². The maximum atomic E-state index is 11.9.